The van der Waals surface area contributed by atoms with Crippen LogP contribution in [0.15, 0.2) is 30.4 Å². The number of hydrogen-bond donors (Lipinski definition) is 0. The van der Waals surface area contributed by atoms with Crippen LogP contribution >= 0.6 is 0 Å². The number of rotatable bonds is 5. The largest absolute Gasteiger partial charge is 0.494 e. The summed E-state index contributed by atoms with van der Waals surface area (Å²) < 4.78 is 19.1. The Kier molecular flexibility index (Phi) is 5.97. The second kappa shape index (κ2) is 8.18. The van der Waals surface area contributed by atoms with Gasteiger partial charge in [0.15, 0.2) is 11.6 Å². The van der Waals surface area contributed by atoms with Crippen LogP contribution in [-0.4, -0.2) is 7.11 Å². The van der Waals surface area contributed by atoms with Crippen LogP contribution in [0.3, 0.4) is 0 Å². The van der Waals surface area contributed by atoms with Crippen molar-refractivity contribution < 1.29 is 9.13 Å². The molecule has 0 bridgehead atoms. The van der Waals surface area contributed by atoms with Crippen molar-refractivity contribution >= 4 is 0 Å². The van der Waals surface area contributed by atoms with E-state index in [2.05, 4.69) is 25.1 Å². The molecule has 2 aliphatic rings. The van der Waals surface area contributed by atoms with Crippen LogP contribution in [0.25, 0.3) is 0 Å². The van der Waals surface area contributed by atoms with Crippen molar-refractivity contribution in [1.29, 1.82) is 0 Å². The van der Waals surface area contributed by atoms with Gasteiger partial charge in [-0.25, -0.2) is 4.39 Å². The summed E-state index contributed by atoms with van der Waals surface area (Å²) in [7, 11) is 1.53. The predicted molar refractivity (Wildman–Crippen MR) is 97.9 cm³/mol. The molecule has 0 aliphatic heterocycles. The number of halogens is 1. The molecule has 1 aromatic carbocycles. The smallest absolute Gasteiger partial charge is 0.165 e. The first-order valence-electron chi connectivity index (χ1n) is 9.65. The third-order valence-corrected chi connectivity index (χ3v) is 6.35. The molecule has 0 aromatic heterocycles. The zero-order chi connectivity index (χ0) is 16.9. The van der Waals surface area contributed by atoms with Crippen LogP contribution in [0, 0.1) is 23.6 Å². The van der Waals surface area contributed by atoms with E-state index in [1.165, 1.54) is 64.0 Å². The summed E-state index contributed by atoms with van der Waals surface area (Å²) >= 11 is 0. The third kappa shape index (κ3) is 4.02. The maximum absolute atomic E-state index is 14.0. The van der Waals surface area contributed by atoms with Gasteiger partial charge in [0.05, 0.1) is 7.11 Å². The number of methoxy groups -OCH3 is 1. The normalized spacial score (nSPS) is 30.3. The zero-order valence-electron chi connectivity index (χ0n) is 15.1. The Bertz CT molecular complexity index is 565. The van der Waals surface area contributed by atoms with Crippen LogP contribution in [0.2, 0.25) is 0 Å². The Morgan fingerprint density at radius 1 is 1.12 bits per heavy atom. The van der Waals surface area contributed by atoms with E-state index in [9.17, 15) is 4.39 Å². The van der Waals surface area contributed by atoms with Crippen LogP contribution in [-0.2, 0) is 0 Å². The summed E-state index contributed by atoms with van der Waals surface area (Å²) in [6, 6.07) is 5.55. The van der Waals surface area contributed by atoms with Crippen molar-refractivity contribution in [2.24, 2.45) is 17.8 Å². The second-order valence-corrected chi connectivity index (χ2v) is 7.75. The zero-order valence-corrected chi connectivity index (χ0v) is 15.1. The Morgan fingerprint density at radius 3 is 2.67 bits per heavy atom. The van der Waals surface area contributed by atoms with E-state index in [4.69, 9.17) is 4.74 Å². The molecule has 0 N–H and O–H groups in total. The lowest BCUT2D eigenvalue weighted by Gasteiger charge is -2.42. The monoisotopic (exact) mass is 330 g/mol. The fraction of sp³-hybridized carbons (Fsp3) is 0.636. The minimum Gasteiger partial charge on any atom is -0.494 e. The predicted octanol–water partition coefficient (Wildman–Crippen LogP) is 6.49. The van der Waals surface area contributed by atoms with Gasteiger partial charge in [0.1, 0.15) is 0 Å². The van der Waals surface area contributed by atoms with E-state index in [0.717, 1.165) is 17.8 Å². The van der Waals surface area contributed by atoms with Gasteiger partial charge in [-0.2, -0.15) is 0 Å². The molecular formula is C22H31FO. The second-order valence-electron chi connectivity index (χ2n) is 7.75. The summed E-state index contributed by atoms with van der Waals surface area (Å²) in [5.74, 6) is 3.36. The number of allylic oxidation sites excluding steroid dienone is 2. The lowest BCUT2D eigenvalue weighted by atomic mass is 9.63. The van der Waals surface area contributed by atoms with E-state index in [1.54, 1.807) is 12.1 Å². The van der Waals surface area contributed by atoms with E-state index >= 15 is 0 Å². The minimum atomic E-state index is -0.218. The van der Waals surface area contributed by atoms with Crippen molar-refractivity contribution in [3.8, 4) is 5.75 Å². The Balaban J connectivity index is 1.57. The number of hydrogen-bond acceptors (Lipinski definition) is 1. The Labute approximate surface area is 146 Å². The van der Waals surface area contributed by atoms with Crippen molar-refractivity contribution in [3.63, 3.8) is 0 Å². The molecule has 2 fully saturated rings. The average Bonchev–Trinajstić information content (AvgIpc) is 2.61. The molecule has 2 saturated carbocycles. The van der Waals surface area contributed by atoms with Gasteiger partial charge in [0.2, 0.25) is 0 Å². The third-order valence-electron chi connectivity index (χ3n) is 6.35. The summed E-state index contributed by atoms with van der Waals surface area (Å²) in [6.45, 7) is 2.11. The average molecular weight is 330 g/mol. The maximum atomic E-state index is 14.0. The van der Waals surface area contributed by atoms with Gasteiger partial charge in [-0.05, 0) is 93.2 Å². The summed E-state index contributed by atoms with van der Waals surface area (Å²) in [5, 5.41) is 0. The molecule has 0 amide bonds. The molecule has 2 aliphatic carbocycles. The molecule has 0 spiro atoms. The molecular weight excluding hydrogens is 299 g/mol. The minimum absolute atomic E-state index is 0.218. The van der Waals surface area contributed by atoms with Gasteiger partial charge in [0.25, 0.3) is 0 Å². The first-order valence-corrected chi connectivity index (χ1v) is 9.65. The van der Waals surface area contributed by atoms with Crippen LogP contribution in [0.4, 0.5) is 4.39 Å². The molecule has 4 atom stereocenters. The molecule has 3 rings (SSSR count). The summed E-state index contributed by atoms with van der Waals surface area (Å²) in [4.78, 5) is 0. The van der Waals surface area contributed by atoms with Gasteiger partial charge in [-0.3, -0.25) is 0 Å². The van der Waals surface area contributed by atoms with Crippen molar-refractivity contribution in [3.05, 3.63) is 41.7 Å². The molecule has 1 nitrogen and oxygen atoms in total. The summed E-state index contributed by atoms with van der Waals surface area (Å²) in [5.41, 5.74) is 1.17. The molecule has 0 radical (unpaired) electrons. The SMILES string of the molecule is CC=CCCC1CCC2CC(c3ccc(OC)c(F)c3)CCC2C1. The Morgan fingerprint density at radius 2 is 1.92 bits per heavy atom. The highest BCUT2D eigenvalue weighted by atomic mass is 19.1. The van der Waals surface area contributed by atoms with Gasteiger partial charge in [0, 0.05) is 0 Å². The van der Waals surface area contributed by atoms with Crippen molar-refractivity contribution in [2.75, 3.05) is 7.11 Å². The molecule has 2 heteroatoms. The van der Waals surface area contributed by atoms with Crippen LogP contribution in [0.1, 0.15) is 69.8 Å². The van der Waals surface area contributed by atoms with Crippen LogP contribution in [0.5, 0.6) is 5.75 Å². The van der Waals surface area contributed by atoms with Crippen LogP contribution < -0.4 is 4.74 Å². The van der Waals surface area contributed by atoms with Gasteiger partial charge < -0.3 is 4.74 Å². The molecule has 1 aromatic rings. The Hall–Kier alpha value is -1.31. The van der Waals surface area contributed by atoms with E-state index in [0.29, 0.717) is 11.7 Å². The van der Waals surface area contributed by atoms with E-state index in [-0.39, 0.29) is 5.82 Å². The van der Waals surface area contributed by atoms with E-state index < -0.39 is 0 Å². The molecule has 0 saturated heterocycles. The fourth-order valence-electron chi connectivity index (χ4n) is 4.99. The fourth-order valence-corrected chi connectivity index (χ4v) is 4.99. The number of ether oxygens (including phenoxy) is 1. The summed E-state index contributed by atoms with van der Waals surface area (Å²) in [6.07, 6.45) is 15.1. The van der Waals surface area contributed by atoms with Crippen molar-refractivity contribution in [1.82, 2.24) is 0 Å². The van der Waals surface area contributed by atoms with Crippen molar-refractivity contribution in [2.45, 2.75) is 64.2 Å². The quantitative estimate of drug-likeness (QED) is 0.561. The lowest BCUT2D eigenvalue weighted by molar-refractivity contribution is 0.115. The molecule has 4 unspecified atom stereocenters. The van der Waals surface area contributed by atoms with E-state index in [1.807, 2.05) is 0 Å². The molecule has 24 heavy (non-hydrogen) atoms. The molecule has 132 valence electrons. The van der Waals surface area contributed by atoms with Gasteiger partial charge in [-0.1, -0.05) is 24.6 Å². The van der Waals surface area contributed by atoms with Gasteiger partial charge >= 0.3 is 0 Å². The lowest BCUT2D eigenvalue weighted by Crippen LogP contribution is -2.30. The standard InChI is InChI=1S/C22H31FO/c1-3-4-5-6-16-7-8-18-14-19(10-9-17(18)13-16)20-11-12-22(24-2)21(23)15-20/h3-4,11-12,15-19H,5-10,13-14H2,1-2H3. The highest BCUT2D eigenvalue weighted by Crippen LogP contribution is 2.48. The topological polar surface area (TPSA) is 9.23 Å². The molecule has 0 heterocycles. The first kappa shape index (κ1) is 17.5. The maximum Gasteiger partial charge on any atom is 0.165 e. The van der Waals surface area contributed by atoms with Gasteiger partial charge in [-0.15, -0.1) is 0 Å². The first-order chi connectivity index (χ1) is 11.7. The number of fused-ring (bicyclic) bond motifs is 1. The highest BCUT2D eigenvalue weighted by Gasteiger charge is 2.35. The highest BCUT2D eigenvalue weighted by molar-refractivity contribution is 5.31. The number of benzene rings is 1.